The summed E-state index contributed by atoms with van der Waals surface area (Å²) >= 11 is 0. The molecule has 0 bridgehead atoms. The normalized spacial score (nSPS) is 19.9. The van der Waals surface area contributed by atoms with Crippen molar-refractivity contribution in [1.82, 2.24) is 0 Å². The van der Waals surface area contributed by atoms with Gasteiger partial charge in [-0.05, 0) is 12.3 Å². The van der Waals surface area contributed by atoms with Crippen LogP contribution in [0.5, 0.6) is 0 Å². The number of unbranched alkanes of at least 4 members (excludes halogenated alkanes) is 10. The quantitative estimate of drug-likeness (QED) is 0.230. The maximum absolute atomic E-state index is 11.9. The molecule has 5 heteroatoms. The molecule has 1 aliphatic heterocycles. The molecule has 1 rings (SSSR count). The van der Waals surface area contributed by atoms with E-state index in [9.17, 15) is 9.59 Å². The first-order valence-electron chi connectivity index (χ1n) is 12.1. The van der Waals surface area contributed by atoms with E-state index in [1.54, 1.807) is 0 Å². The summed E-state index contributed by atoms with van der Waals surface area (Å²) in [6, 6.07) is 0. The van der Waals surface area contributed by atoms with Gasteiger partial charge < -0.3 is 14.6 Å². The second-order valence-corrected chi connectivity index (χ2v) is 8.76. The van der Waals surface area contributed by atoms with Crippen molar-refractivity contribution in [2.45, 2.75) is 129 Å². The van der Waals surface area contributed by atoms with Crippen LogP contribution in [0.3, 0.4) is 0 Å². The summed E-state index contributed by atoms with van der Waals surface area (Å²) in [5.74, 6) is 0.0909. The first kappa shape index (κ1) is 25.9. The Bertz CT molecular complexity index is 437. The van der Waals surface area contributed by atoms with Crippen LogP contribution in [0.1, 0.15) is 117 Å². The largest absolute Gasteiger partial charge is 0.458 e. The first-order valence-corrected chi connectivity index (χ1v) is 12.1. The van der Waals surface area contributed by atoms with Gasteiger partial charge in [-0.25, -0.2) is 0 Å². The van der Waals surface area contributed by atoms with Crippen molar-refractivity contribution in [2.24, 2.45) is 5.92 Å². The molecule has 0 aromatic rings. The number of ether oxygens (including phenoxy) is 2. The number of hydrogen-bond acceptors (Lipinski definition) is 5. The Hall–Kier alpha value is -1.10. The highest BCUT2D eigenvalue weighted by atomic mass is 16.6. The van der Waals surface area contributed by atoms with E-state index in [2.05, 4.69) is 13.8 Å². The number of hydrogen-bond donors (Lipinski definition) is 1. The lowest BCUT2D eigenvalue weighted by molar-refractivity contribution is -0.154. The Morgan fingerprint density at radius 3 is 2.14 bits per heavy atom. The van der Waals surface area contributed by atoms with E-state index in [-0.39, 0.29) is 19.0 Å². The minimum Gasteiger partial charge on any atom is -0.458 e. The summed E-state index contributed by atoms with van der Waals surface area (Å²) in [6.07, 6.45) is 17.0. The van der Waals surface area contributed by atoms with Gasteiger partial charge in [0.15, 0.2) is 12.2 Å². The SMILES string of the molecule is CCCCCCCCCCC(C)CCCCCCC(=O)O[C@@H]1CC(=O)O[C@H]1CO. The molecule has 0 amide bonds. The molecule has 1 N–H and O–H groups in total. The molecule has 3 atom stereocenters. The molecule has 0 aromatic heterocycles. The van der Waals surface area contributed by atoms with Gasteiger partial charge >= 0.3 is 11.9 Å². The third-order valence-corrected chi connectivity index (χ3v) is 5.91. The zero-order chi connectivity index (χ0) is 21.3. The molecule has 0 aromatic carbocycles. The van der Waals surface area contributed by atoms with Gasteiger partial charge in [0, 0.05) is 6.42 Å². The standard InChI is InChI=1S/C24H44O5/c1-3-4-5-6-7-8-9-12-15-20(2)16-13-10-11-14-17-23(26)28-21-18-24(27)29-22(21)19-25/h20-22,25H,3-19H2,1-2H3/t20?,21-,22+/m1/s1. The van der Waals surface area contributed by atoms with Crippen molar-refractivity contribution in [3.05, 3.63) is 0 Å². The number of cyclic esters (lactones) is 1. The van der Waals surface area contributed by atoms with E-state index < -0.39 is 18.2 Å². The van der Waals surface area contributed by atoms with E-state index in [0.29, 0.717) is 6.42 Å². The molecular formula is C24H44O5. The van der Waals surface area contributed by atoms with Crippen LogP contribution in [0.25, 0.3) is 0 Å². The van der Waals surface area contributed by atoms with Crippen LogP contribution >= 0.6 is 0 Å². The van der Waals surface area contributed by atoms with Gasteiger partial charge in [0.2, 0.25) is 0 Å². The third-order valence-electron chi connectivity index (χ3n) is 5.91. The fourth-order valence-electron chi connectivity index (χ4n) is 3.98. The van der Waals surface area contributed by atoms with Crippen LogP contribution in [-0.4, -0.2) is 35.9 Å². The number of carbonyl (C=O) groups is 2. The zero-order valence-electron chi connectivity index (χ0n) is 18.8. The summed E-state index contributed by atoms with van der Waals surface area (Å²) in [5, 5.41) is 9.14. The van der Waals surface area contributed by atoms with Gasteiger partial charge in [-0.2, -0.15) is 0 Å². The minimum absolute atomic E-state index is 0.0493. The molecule has 0 aliphatic carbocycles. The molecule has 0 radical (unpaired) electrons. The van der Waals surface area contributed by atoms with E-state index in [4.69, 9.17) is 14.6 Å². The van der Waals surface area contributed by atoms with E-state index in [1.165, 1.54) is 70.6 Å². The highest BCUT2D eigenvalue weighted by Crippen LogP contribution is 2.20. The molecule has 5 nitrogen and oxygen atoms in total. The second kappa shape index (κ2) is 16.7. The Kier molecular flexibility index (Phi) is 14.9. The Balaban J connectivity index is 1.90. The molecule has 1 heterocycles. The monoisotopic (exact) mass is 412 g/mol. The predicted octanol–water partition coefficient (Wildman–Crippen LogP) is 5.71. The van der Waals surface area contributed by atoms with Gasteiger partial charge in [-0.3, -0.25) is 9.59 Å². The van der Waals surface area contributed by atoms with Gasteiger partial charge in [0.1, 0.15) is 0 Å². The summed E-state index contributed by atoms with van der Waals surface area (Å²) in [5.41, 5.74) is 0. The zero-order valence-corrected chi connectivity index (χ0v) is 18.8. The average molecular weight is 413 g/mol. The molecule has 1 unspecified atom stereocenters. The Labute approximate surface area is 177 Å². The van der Waals surface area contributed by atoms with Crippen LogP contribution < -0.4 is 0 Å². The van der Waals surface area contributed by atoms with E-state index in [1.807, 2.05) is 0 Å². The fraction of sp³-hybridized carbons (Fsp3) is 0.917. The fourth-order valence-corrected chi connectivity index (χ4v) is 3.98. The molecule has 0 spiro atoms. The van der Waals surface area contributed by atoms with Crippen molar-refractivity contribution in [1.29, 1.82) is 0 Å². The predicted molar refractivity (Wildman–Crippen MR) is 116 cm³/mol. The van der Waals surface area contributed by atoms with Crippen LogP contribution in [0.4, 0.5) is 0 Å². The van der Waals surface area contributed by atoms with Crippen LogP contribution in [0.15, 0.2) is 0 Å². The summed E-state index contributed by atoms with van der Waals surface area (Å²) in [7, 11) is 0. The molecule has 1 fully saturated rings. The first-order chi connectivity index (χ1) is 14.1. The summed E-state index contributed by atoms with van der Waals surface area (Å²) in [6.45, 7) is 4.32. The lowest BCUT2D eigenvalue weighted by atomic mass is 9.96. The number of rotatable bonds is 18. The van der Waals surface area contributed by atoms with Gasteiger partial charge in [0.25, 0.3) is 0 Å². The number of esters is 2. The highest BCUT2D eigenvalue weighted by molar-refractivity contribution is 5.74. The smallest absolute Gasteiger partial charge is 0.310 e. The Morgan fingerprint density at radius 2 is 1.55 bits per heavy atom. The number of aliphatic hydroxyl groups is 1. The molecule has 1 aliphatic rings. The molecule has 1 saturated heterocycles. The molecule has 170 valence electrons. The minimum atomic E-state index is -0.700. The highest BCUT2D eigenvalue weighted by Gasteiger charge is 2.37. The summed E-state index contributed by atoms with van der Waals surface area (Å²) < 4.78 is 10.2. The van der Waals surface area contributed by atoms with Gasteiger partial charge in [0.05, 0.1) is 13.0 Å². The molecule has 0 saturated carbocycles. The van der Waals surface area contributed by atoms with Gasteiger partial charge in [-0.1, -0.05) is 97.3 Å². The maximum Gasteiger partial charge on any atom is 0.310 e. The van der Waals surface area contributed by atoms with Crippen molar-refractivity contribution >= 4 is 11.9 Å². The van der Waals surface area contributed by atoms with Crippen LogP contribution in [-0.2, 0) is 19.1 Å². The van der Waals surface area contributed by atoms with Crippen LogP contribution in [0, 0.1) is 5.92 Å². The second-order valence-electron chi connectivity index (χ2n) is 8.76. The lowest BCUT2D eigenvalue weighted by Crippen LogP contribution is -2.30. The van der Waals surface area contributed by atoms with Gasteiger partial charge in [-0.15, -0.1) is 0 Å². The van der Waals surface area contributed by atoms with Crippen molar-refractivity contribution in [3.8, 4) is 0 Å². The topological polar surface area (TPSA) is 72.8 Å². The molecule has 29 heavy (non-hydrogen) atoms. The Morgan fingerprint density at radius 1 is 1.00 bits per heavy atom. The average Bonchev–Trinajstić information content (AvgIpc) is 3.05. The van der Waals surface area contributed by atoms with E-state index >= 15 is 0 Å². The van der Waals surface area contributed by atoms with Crippen molar-refractivity contribution in [3.63, 3.8) is 0 Å². The number of carbonyl (C=O) groups excluding carboxylic acids is 2. The third kappa shape index (κ3) is 12.9. The summed E-state index contributed by atoms with van der Waals surface area (Å²) in [4.78, 5) is 23.1. The van der Waals surface area contributed by atoms with Crippen molar-refractivity contribution < 1.29 is 24.2 Å². The lowest BCUT2D eigenvalue weighted by Gasteiger charge is -2.15. The molecular weight excluding hydrogens is 368 g/mol. The van der Waals surface area contributed by atoms with E-state index in [0.717, 1.165) is 25.2 Å². The van der Waals surface area contributed by atoms with Crippen molar-refractivity contribution in [2.75, 3.05) is 6.61 Å². The number of aliphatic hydroxyl groups excluding tert-OH is 1. The van der Waals surface area contributed by atoms with Crippen LogP contribution in [0.2, 0.25) is 0 Å². The maximum atomic E-state index is 11.9.